The van der Waals surface area contributed by atoms with Gasteiger partial charge in [0.25, 0.3) is 5.91 Å². The van der Waals surface area contributed by atoms with Gasteiger partial charge in [-0.15, -0.1) is 11.8 Å². The van der Waals surface area contributed by atoms with E-state index in [-0.39, 0.29) is 30.8 Å². The Balaban J connectivity index is 1.55. The Hall–Kier alpha value is -2.02. The fourth-order valence-electron chi connectivity index (χ4n) is 3.61. The predicted molar refractivity (Wildman–Crippen MR) is 105 cm³/mol. The summed E-state index contributed by atoms with van der Waals surface area (Å²) in [6.07, 6.45) is 5.44. The SMILES string of the molecule is CSc1cccc(N2C[C@@H](C(=O)O[C@@H](C)C(=O)NC3CCCC3)CC2=O)c1. The number of hydrogen-bond donors (Lipinski definition) is 1. The van der Waals surface area contributed by atoms with Crippen LogP contribution in [0.2, 0.25) is 0 Å². The summed E-state index contributed by atoms with van der Waals surface area (Å²) in [7, 11) is 0. The lowest BCUT2D eigenvalue weighted by Gasteiger charge is -2.19. The molecule has 1 heterocycles. The highest BCUT2D eigenvalue weighted by atomic mass is 32.2. The molecule has 0 unspecified atom stereocenters. The number of ether oxygens (including phenoxy) is 1. The largest absolute Gasteiger partial charge is 0.452 e. The van der Waals surface area contributed by atoms with E-state index < -0.39 is 18.0 Å². The van der Waals surface area contributed by atoms with Gasteiger partial charge in [0.15, 0.2) is 6.10 Å². The van der Waals surface area contributed by atoms with Crippen molar-refractivity contribution in [2.75, 3.05) is 17.7 Å². The maximum atomic E-state index is 12.5. The molecule has 2 fully saturated rings. The molecule has 27 heavy (non-hydrogen) atoms. The van der Waals surface area contributed by atoms with Crippen LogP contribution in [0.5, 0.6) is 0 Å². The second kappa shape index (κ2) is 8.78. The first-order chi connectivity index (χ1) is 13.0. The molecule has 0 radical (unpaired) electrons. The molecule has 2 aliphatic rings. The van der Waals surface area contributed by atoms with Crippen LogP contribution in [0.4, 0.5) is 5.69 Å². The second-order valence-electron chi connectivity index (χ2n) is 7.18. The number of nitrogens with one attached hydrogen (secondary N) is 1. The monoisotopic (exact) mass is 390 g/mol. The van der Waals surface area contributed by atoms with Crippen LogP contribution >= 0.6 is 11.8 Å². The van der Waals surface area contributed by atoms with Crippen LogP contribution in [-0.2, 0) is 19.1 Å². The fraction of sp³-hybridized carbons (Fsp3) is 0.550. The van der Waals surface area contributed by atoms with Gasteiger partial charge in [-0.2, -0.15) is 0 Å². The molecule has 1 aliphatic carbocycles. The zero-order valence-corrected chi connectivity index (χ0v) is 16.6. The van der Waals surface area contributed by atoms with Crippen molar-refractivity contribution >= 4 is 35.2 Å². The summed E-state index contributed by atoms with van der Waals surface area (Å²) in [5.41, 5.74) is 0.786. The summed E-state index contributed by atoms with van der Waals surface area (Å²) in [6.45, 7) is 1.87. The van der Waals surface area contributed by atoms with Crippen molar-refractivity contribution in [3.8, 4) is 0 Å². The van der Waals surface area contributed by atoms with E-state index in [0.717, 1.165) is 36.3 Å². The molecule has 6 nitrogen and oxygen atoms in total. The lowest BCUT2D eigenvalue weighted by Crippen LogP contribution is -2.41. The molecule has 1 aliphatic heterocycles. The standard InChI is InChI=1S/C20H26N2O4S/c1-13(19(24)21-15-6-3-4-7-15)26-20(25)14-10-18(23)22(12-14)16-8-5-9-17(11-16)27-2/h5,8-9,11,13-15H,3-4,6-7,10,12H2,1-2H3,(H,21,24)/t13-,14-/m0/s1. The molecule has 2 amide bonds. The molecule has 7 heteroatoms. The number of hydrogen-bond acceptors (Lipinski definition) is 5. The van der Waals surface area contributed by atoms with Crippen LogP contribution in [0.1, 0.15) is 39.0 Å². The highest BCUT2D eigenvalue weighted by Crippen LogP contribution is 2.29. The quantitative estimate of drug-likeness (QED) is 0.597. The summed E-state index contributed by atoms with van der Waals surface area (Å²) in [6, 6.07) is 7.86. The Morgan fingerprint density at radius 1 is 1.30 bits per heavy atom. The van der Waals surface area contributed by atoms with Crippen LogP contribution in [0.15, 0.2) is 29.2 Å². The van der Waals surface area contributed by atoms with E-state index in [0.29, 0.717) is 0 Å². The number of anilines is 1. The average Bonchev–Trinajstić information content (AvgIpc) is 3.31. The molecule has 1 aromatic rings. The van der Waals surface area contributed by atoms with Gasteiger partial charge in [0, 0.05) is 29.6 Å². The summed E-state index contributed by atoms with van der Waals surface area (Å²) >= 11 is 1.60. The molecule has 146 valence electrons. The lowest BCUT2D eigenvalue weighted by molar-refractivity contribution is -0.158. The molecule has 0 aromatic heterocycles. The Morgan fingerprint density at radius 2 is 2.04 bits per heavy atom. The van der Waals surface area contributed by atoms with Gasteiger partial charge in [0.05, 0.1) is 5.92 Å². The normalized spacial score (nSPS) is 21.3. The summed E-state index contributed by atoms with van der Waals surface area (Å²) in [4.78, 5) is 39.7. The number of benzene rings is 1. The Morgan fingerprint density at radius 3 is 2.74 bits per heavy atom. The first-order valence-electron chi connectivity index (χ1n) is 9.43. The maximum absolute atomic E-state index is 12.5. The molecule has 1 saturated carbocycles. The number of nitrogens with zero attached hydrogens (tertiary/aromatic N) is 1. The molecule has 1 aromatic carbocycles. The van der Waals surface area contributed by atoms with E-state index in [1.54, 1.807) is 23.6 Å². The molecule has 1 N–H and O–H groups in total. The topological polar surface area (TPSA) is 75.7 Å². The number of rotatable bonds is 6. The molecule has 2 atom stereocenters. The summed E-state index contributed by atoms with van der Waals surface area (Å²) in [5.74, 6) is -1.39. The average molecular weight is 391 g/mol. The van der Waals surface area contributed by atoms with Gasteiger partial charge in [-0.25, -0.2) is 0 Å². The molecule has 0 bridgehead atoms. The molecular weight excluding hydrogens is 364 g/mol. The number of esters is 1. The van der Waals surface area contributed by atoms with Crippen LogP contribution in [0.25, 0.3) is 0 Å². The van der Waals surface area contributed by atoms with Crippen molar-refractivity contribution in [1.29, 1.82) is 0 Å². The van der Waals surface area contributed by atoms with Crippen LogP contribution in [0.3, 0.4) is 0 Å². The Bertz CT molecular complexity index is 718. The minimum absolute atomic E-state index is 0.0988. The van der Waals surface area contributed by atoms with Crippen molar-refractivity contribution in [3.63, 3.8) is 0 Å². The first kappa shape index (κ1) is 19.7. The Kier molecular flexibility index (Phi) is 6.42. The van der Waals surface area contributed by atoms with Gasteiger partial charge >= 0.3 is 5.97 Å². The van der Waals surface area contributed by atoms with Crippen molar-refractivity contribution < 1.29 is 19.1 Å². The minimum Gasteiger partial charge on any atom is -0.452 e. The highest BCUT2D eigenvalue weighted by molar-refractivity contribution is 7.98. The zero-order valence-electron chi connectivity index (χ0n) is 15.8. The van der Waals surface area contributed by atoms with Crippen LogP contribution in [0, 0.1) is 5.92 Å². The molecular formula is C20H26N2O4S. The number of carbonyl (C=O) groups excluding carboxylic acids is 3. The first-order valence-corrected chi connectivity index (χ1v) is 10.7. The van der Waals surface area contributed by atoms with Crippen molar-refractivity contribution in [2.24, 2.45) is 5.92 Å². The summed E-state index contributed by atoms with van der Waals surface area (Å²) in [5, 5.41) is 2.93. The third-order valence-electron chi connectivity index (χ3n) is 5.19. The van der Waals surface area contributed by atoms with Crippen LogP contribution < -0.4 is 10.2 Å². The zero-order chi connectivity index (χ0) is 19.4. The lowest BCUT2D eigenvalue weighted by atomic mass is 10.1. The molecule has 1 saturated heterocycles. The number of carbonyl (C=O) groups is 3. The second-order valence-corrected chi connectivity index (χ2v) is 8.06. The van der Waals surface area contributed by atoms with E-state index in [4.69, 9.17) is 4.74 Å². The van der Waals surface area contributed by atoms with Crippen molar-refractivity contribution in [3.05, 3.63) is 24.3 Å². The summed E-state index contributed by atoms with van der Waals surface area (Å²) < 4.78 is 5.35. The van der Waals surface area contributed by atoms with Gasteiger partial charge in [-0.1, -0.05) is 18.9 Å². The van der Waals surface area contributed by atoms with Crippen LogP contribution in [-0.4, -0.2) is 42.7 Å². The van der Waals surface area contributed by atoms with Crippen molar-refractivity contribution in [2.45, 2.75) is 56.1 Å². The van der Waals surface area contributed by atoms with Gasteiger partial charge in [0.1, 0.15) is 0 Å². The number of amides is 2. The fourth-order valence-corrected chi connectivity index (χ4v) is 4.06. The molecule has 0 spiro atoms. The van der Waals surface area contributed by atoms with E-state index in [1.807, 2.05) is 30.5 Å². The van der Waals surface area contributed by atoms with Crippen molar-refractivity contribution in [1.82, 2.24) is 5.32 Å². The van der Waals surface area contributed by atoms with E-state index in [9.17, 15) is 14.4 Å². The number of thioether (sulfide) groups is 1. The maximum Gasteiger partial charge on any atom is 0.312 e. The Labute approximate surface area is 164 Å². The third kappa shape index (κ3) is 4.83. The third-order valence-corrected chi connectivity index (χ3v) is 5.91. The van der Waals surface area contributed by atoms with Gasteiger partial charge in [-0.3, -0.25) is 14.4 Å². The minimum atomic E-state index is -0.845. The molecule has 3 rings (SSSR count). The van der Waals surface area contributed by atoms with Gasteiger partial charge in [-0.05, 0) is 44.2 Å². The smallest absolute Gasteiger partial charge is 0.312 e. The van der Waals surface area contributed by atoms with E-state index in [1.165, 1.54) is 0 Å². The van der Waals surface area contributed by atoms with Gasteiger partial charge in [0.2, 0.25) is 5.91 Å². The van der Waals surface area contributed by atoms with Gasteiger partial charge < -0.3 is 15.0 Å². The highest BCUT2D eigenvalue weighted by Gasteiger charge is 2.37. The van der Waals surface area contributed by atoms with E-state index >= 15 is 0 Å². The predicted octanol–water partition coefficient (Wildman–Crippen LogP) is 2.75. The van der Waals surface area contributed by atoms with E-state index in [2.05, 4.69) is 5.32 Å².